The average Bonchev–Trinajstić information content (AvgIpc) is 2.04. The van der Waals surface area contributed by atoms with Crippen molar-refractivity contribution in [1.29, 1.82) is 5.26 Å². The second kappa shape index (κ2) is 4.11. The Morgan fingerprint density at radius 1 is 1.38 bits per heavy atom. The molecule has 2 nitrogen and oxygen atoms in total. The molecule has 0 amide bonds. The number of hydrogen-bond donors (Lipinski definition) is 0. The predicted octanol–water partition coefficient (Wildman–Crippen LogP) is 2.41. The van der Waals surface area contributed by atoms with Crippen LogP contribution in [-0.4, -0.2) is 24.0 Å². The van der Waals surface area contributed by atoms with Gasteiger partial charge in [-0.05, 0) is 24.8 Å². The fourth-order valence-corrected chi connectivity index (χ4v) is 2.25. The van der Waals surface area contributed by atoms with Crippen molar-refractivity contribution in [2.45, 2.75) is 46.1 Å². The van der Waals surface area contributed by atoms with Crippen molar-refractivity contribution in [3.05, 3.63) is 0 Å². The zero-order valence-electron chi connectivity index (χ0n) is 9.01. The van der Waals surface area contributed by atoms with E-state index in [1.54, 1.807) is 0 Å². The monoisotopic (exact) mass is 180 g/mol. The number of likely N-dealkylation sites (tertiary alicyclic amines) is 1. The first kappa shape index (κ1) is 10.5. The van der Waals surface area contributed by atoms with Crippen molar-refractivity contribution in [2.24, 2.45) is 5.41 Å². The summed E-state index contributed by atoms with van der Waals surface area (Å²) in [4.78, 5) is 2.34. The molecule has 1 heterocycles. The first-order valence-electron chi connectivity index (χ1n) is 5.16. The summed E-state index contributed by atoms with van der Waals surface area (Å²) in [6.45, 7) is 8.52. The van der Waals surface area contributed by atoms with Crippen LogP contribution in [0.4, 0.5) is 0 Å². The molecule has 2 heteroatoms. The fraction of sp³-hybridized carbons (Fsp3) is 0.909. The van der Waals surface area contributed by atoms with Crippen LogP contribution in [-0.2, 0) is 0 Å². The van der Waals surface area contributed by atoms with Crippen molar-refractivity contribution in [3.63, 3.8) is 0 Å². The Bertz CT molecular complexity index is 197. The number of piperidine rings is 1. The van der Waals surface area contributed by atoms with Crippen LogP contribution < -0.4 is 0 Å². The molecule has 1 fully saturated rings. The Morgan fingerprint density at radius 3 is 2.62 bits per heavy atom. The van der Waals surface area contributed by atoms with Crippen LogP contribution in [0.2, 0.25) is 0 Å². The van der Waals surface area contributed by atoms with E-state index in [1.807, 2.05) is 0 Å². The Hall–Kier alpha value is -0.550. The fourth-order valence-electron chi connectivity index (χ4n) is 2.25. The Kier molecular flexibility index (Phi) is 3.33. The van der Waals surface area contributed by atoms with Gasteiger partial charge in [-0.3, -0.25) is 4.90 Å². The highest BCUT2D eigenvalue weighted by molar-refractivity contribution is 4.90. The molecule has 0 aliphatic carbocycles. The van der Waals surface area contributed by atoms with Gasteiger partial charge in [0.05, 0.1) is 12.6 Å². The third-order valence-electron chi connectivity index (χ3n) is 2.89. The molecular formula is C11H20N2. The lowest BCUT2D eigenvalue weighted by Gasteiger charge is -2.42. The van der Waals surface area contributed by atoms with E-state index in [-0.39, 0.29) is 0 Å². The Balaban J connectivity index is 2.63. The second-order valence-electron chi connectivity index (χ2n) is 5.01. The smallest absolute Gasteiger partial charge is 0.0868 e. The summed E-state index contributed by atoms with van der Waals surface area (Å²) in [5.74, 6) is 0. The summed E-state index contributed by atoms with van der Waals surface area (Å²) in [5.41, 5.74) is 0.317. The van der Waals surface area contributed by atoms with Gasteiger partial charge in [0.15, 0.2) is 0 Å². The topological polar surface area (TPSA) is 27.0 Å². The molecule has 1 aliphatic rings. The maximum atomic E-state index is 8.71. The highest BCUT2D eigenvalue weighted by Crippen LogP contribution is 2.31. The molecule has 1 atom stereocenters. The number of rotatable bonds is 1. The minimum Gasteiger partial charge on any atom is -0.287 e. The summed E-state index contributed by atoms with van der Waals surface area (Å²) >= 11 is 0. The van der Waals surface area contributed by atoms with Crippen molar-refractivity contribution in [3.8, 4) is 6.07 Å². The van der Waals surface area contributed by atoms with Crippen LogP contribution in [0.25, 0.3) is 0 Å². The molecule has 0 aromatic heterocycles. The van der Waals surface area contributed by atoms with E-state index in [1.165, 1.54) is 19.3 Å². The quantitative estimate of drug-likeness (QED) is 0.579. The van der Waals surface area contributed by atoms with E-state index in [2.05, 4.69) is 31.7 Å². The first-order valence-corrected chi connectivity index (χ1v) is 5.16. The van der Waals surface area contributed by atoms with E-state index >= 15 is 0 Å². The van der Waals surface area contributed by atoms with Crippen molar-refractivity contribution < 1.29 is 0 Å². The van der Waals surface area contributed by atoms with E-state index in [0.717, 1.165) is 6.54 Å². The van der Waals surface area contributed by atoms with Crippen LogP contribution in [0.15, 0.2) is 0 Å². The van der Waals surface area contributed by atoms with Crippen molar-refractivity contribution >= 4 is 0 Å². The van der Waals surface area contributed by atoms with Gasteiger partial charge in [0, 0.05) is 6.04 Å². The lowest BCUT2D eigenvalue weighted by atomic mass is 9.81. The third-order valence-corrected chi connectivity index (χ3v) is 2.89. The average molecular weight is 180 g/mol. The lowest BCUT2D eigenvalue weighted by Crippen LogP contribution is -2.47. The minimum atomic E-state index is 0.317. The molecule has 0 saturated carbocycles. The summed E-state index contributed by atoms with van der Waals surface area (Å²) < 4.78 is 0. The summed E-state index contributed by atoms with van der Waals surface area (Å²) in [5, 5.41) is 8.71. The zero-order chi connectivity index (χ0) is 9.90. The van der Waals surface area contributed by atoms with Gasteiger partial charge in [0.1, 0.15) is 0 Å². The summed E-state index contributed by atoms with van der Waals surface area (Å²) in [6, 6.07) is 2.86. The van der Waals surface area contributed by atoms with Gasteiger partial charge in [0.2, 0.25) is 0 Å². The molecule has 0 spiro atoms. The van der Waals surface area contributed by atoms with E-state index in [4.69, 9.17) is 5.26 Å². The molecule has 1 rings (SSSR count). The molecule has 0 N–H and O–H groups in total. The van der Waals surface area contributed by atoms with Gasteiger partial charge < -0.3 is 0 Å². The molecular weight excluding hydrogens is 160 g/mol. The maximum Gasteiger partial charge on any atom is 0.0868 e. The first-order chi connectivity index (χ1) is 6.05. The minimum absolute atomic E-state index is 0.317. The molecule has 1 aliphatic heterocycles. The van der Waals surface area contributed by atoms with Crippen LogP contribution >= 0.6 is 0 Å². The normalized spacial score (nSPS) is 25.5. The van der Waals surface area contributed by atoms with Crippen LogP contribution in [0.1, 0.15) is 40.0 Å². The van der Waals surface area contributed by atoms with Crippen LogP contribution in [0.5, 0.6) is 0 Å². The molecule has 74 valence electrons. The Morgan fingerprint density at radius 2 is 2.08 bits per heavy atom. The van der Waals surface area contributed by atoms with Gasteiger partial charge in [-0.1, -0.05) is 27.2 Å². The standard InChI is InChI=1S/C11H20N2/c1-11(2,3)10-6-4-5-8-13(10)9-7-12/h10H,4-6,8-9H2,1-3H3. The number of hydrogen-bond acceptors (Lipinski definition) is 2. The number of nitriles is 1. The van der Waals surface area contributed by atoms with E-state index in [9.17, 15) is 0 Å². The maximum absolute atomic E-state index is 8.71. The summed E-state index contributed by atoms with van der Waals surface area (Å²) in [6.07, 6.45) is 3.84. The second-order valence-corrected chi connectivity index (χ2v) is 5.01. The highest BCUT2D eigenvalue weighted by atomic mass is 15.2. The van der Waals surface area contributed by atoms with E-state index < -0.39 is 0 Å². The molecule has 1 saturated heterocycles. The summed E-state index contributed by atoms with van der Waals surface area (Å²) in [7, 11) is 0. The van der Waals surface area contributed by atoms with Gasteiger partial charge in [0.25, 0.3) is 0 Å². The molecule has 0 radical (unpaired) electrons. The molecule has 0 aromatic rings. The number of nitrogens with zero attached hydrogens (tertiary/aromatic N) is 2. The SMILES string of the molecule is CC(C)(C)C1CCCCN1CC#N. The zero-order valence-corrected chi connectivity index (χ0v) is 9.01. The largest absolute Gasteiger partial charge is 0.287 e. The lowest BCUT2D eigenvalue weighted by molar-refractivity contribution is 0.0760. The molecule has 0 bridgehead atoms. The van der Waals surface area contributed by atoms with Gasteiger partial charge in [-0.2, -0.15) is 5.26 Å². The van der Waals surface area contributed by atoms with Crippen LogP contribution in [0.3, 0.4) is 0 Å². The van der Waals surface area contributed by atoms with Crippen molar-refractivity contribution in [2.75, 3.05) is 13.1 Å². The third kappa shape index (κ3) is 2.70. The molecule has 13 heavy (non-hydrogen) atoms. The molecule has 0 aromatic carbocycles. The van der Waals surface area contributed by atoms with Crippen molar-refractivity contribution in [1.82, 2.24) is 4.90 Å². The Labute approximate surface area is 81.5 Å². The van der Waals surface area contributed by atoms with Crippen LogP contribution in [0, 0.1) is 16.7 Å². The van der Waals surface area contributed by atoms with E-state index in [0.29, 0.717) is 18.0 Å². The van der Waals surface area contributed by atoms with Gasteiger partial charge in [-0.15, -0.1) is 0 Å². The predicted molar refractivity (Wildman–Crippen MR) is 54.3 cm³/mol. The molecule has 1 unspecified atom stereocenters. The van der Waals surface area contributed by atoms with Gasteiger partial charge >= 0.3 is 0 Å². The highest BCUT2D eigenvalue weighted by Gasteiger charge is 2.31. The van der Waals surface area contributed by atoms with Gasteiger partial charge in [-0.25, -0.2) is 0 Å².